The molecule has 0 saturated heterocycles. The fourth-order valence-electron chi connectivity index (χ4n) is 2.00. The van der Waals surface area contributed by atoms with E-state index in [1.54, 1.807) is 30.5 Å². The number of halogens is 1. The smallest absolute Gasteiger partial charge is 0.123 e. The van der Waals surface area contributed by atoms with Crippen LogP contribution < -0.4 is 4.74 Å². The second-order valence-corrected chi connectivity index (χ2v) is 4.29. The number of phenols is 1. The Labute approximate surface area is 109 Å². The molecule has 2 N–H and O–H groups in total. The van der Waals surface area contributed by atoms with Gasteiger partial charge in [-0.15, -0.1) is 0 Å². The number of phenolic OH excluding ortho intramolecular Hbond substituents is 1. The molecule has 0 amide bonds. The lowest BCUT2D eigenvalue weighted by atomic mass is 10.2. The van der Waals surface area contributed by atoms with Gasteiger partial charge in [0, 0.05) is 28.7 Å². The molecular weight excluding hydrogens is 245 g/mol. The normalized spacial score (nSPS) is 10.8. The molecule has 0 spiro atoms. The van der Waals surface area contributed by atoms with E-state index in [1.807, 2.05) is 0 Å². The number of aromatic hydroxyl groups is 1. The molecule has 0 aliphatic rings. The molecule has 0 atom stereocenters. The fraction of sp³-hybridized carbons (Fsp3) is 0.0667. The summed E-state index contributed by atoms with van der Waals surface area (Å²) in [5.41, 5.74) is 1.74. The number of fused-ring (bicyclic) bond motifs is 1. The third-order valence-electron chi connectivity index (χ3n) is 2.94. The molecule has 3 aromatic rings. The third kappa shape index (κ3) is 2.38. The lowest BCUT2D eigenvalue weighted by Gasteiger charge is -2.05. The number of hydrogen-bond donors (Lipinski definition) is 2. The van der Waals surface area contributed by atoms with Gasteiger partial charge in [-0.3, -0.25) is 0 Å². The number of aromatic nitrogens is 1. The Morgan fingerprint density at radius 2 is 2.05 bits per heavy atom. The zero-order valence-corrected chi connectivity index (χ0v) is 10.1. The van der Waals surface area contributed by atoms with E-state index in [0.29, 0.717) is 12.4 Å². The summed E-state index contributed by atoms with van der Waals surface area (Å²) in [5.74, 6) is 0.457. The summed E-state index contributed by atoms with van der Waals surface area (Å²) < 4.78 is 18.8. The molecule has 1 heterocycles. The summed E-state index contributed by atoms with van der Waals surface area (Å²) in [6, 6.07) is 11.2. The second-order valence-electron chi connectivity index (χ2n) is 4.29. The van der Waals surface area contributed by atoms with Crippen LogP contribution in [0.15, 0.2) is 48.7 Å². The summed E-state index contributed by atoms with van der Waals surface area (Å²) >= 11 is 0. The molecule has 96 valence electrons. The zero-order chi connectivity index (χ0) is 13.2. The standard InChI is InChI=1S/C15H12FNO2/c16-11-4-5-15-14(6-11)10(8-17-15)9-19-13-3-1-2-12(18)7-13/h1-8,17-18H,9H2. The van der Waals surface area contributed by atoms with Crippen LogP contribution in [0.2, 0.25) is 0 Å². The van der Waals surface area contributed by atoms with Crippen molar-refractivity contribution in [2.75, 3.05) is 0 Å². The first-order valence-corrected chi connectivity index (χ1v) is 5.90. The summed E-state index contributed by atoms with van der Waals surface area (Å²) in [4.78, 5) is 3.07. The van der Waals surface area contributed by atoms with Gasteiger partial charge < -0.3 is 14.8 Å². The summed E-state index contributed by atoms with van der Waals surface area (Å²) in [6.45, 7) is 0.312. The molecule has 0 aliphatic carbocycles. The van der Waals surface area contributed by atoms with E-state index in [-0.39, 0.29) is 11.6 Å². The highest BCUT2D eigenvalue weighted by Gasteiger charge is 2.05. The first-order chi connectivity index (χ1) is 9.22. The van der Waals surface area contributed by atoms with Crippen molar-refractivity contribution in [1.29, 1.82) is 0 Å². The minimum Gasteiger partial charge on any atom is -0.508 e. The minimum atomic E-state index is -0.272. The number of rotatable bonds is 3. The maximum Gasteiger partial charge on any atom is 0.123 e. The third-order valence-corrected chi connectivity index (χ3v) is 2.94. The number of ether oxygens (including phenoxy) is 1. The monoisotopic (exact) mass is 257 g/mol. The molecule has 3 rings (SSSR count). The van der Waals surface area contributed by atoms with Gasteiger partial charge in [-0.05, 0) is 30.3 Å². The molecule has 4 heteroatoms. The van der Waals surface area contributed by atoms with Gasteiger partial charge in [0.05, 0.1) is 0 Å². The van der Waals surface area contributed by atoms with Crippen molar-refractivity contribution in [2.45, 2.75) is 6.61 Å². The van der Waals surface area contributed by atoms with Crippen molar-refractivity contribution >= 4 is 10.9 Å². The Morgan fingerprint density at radius 1 is 1.16 bits per heavy atom. The molecule has 3 nitrogen and oxygen atoms in total. The van der Waals surface area contributed by atoms with Gasteiger partial charge in [0.15, 0.2) is 0 Å². The van der Waals surface area contributed by atoms with Crippen molar-refractivity contribution < 1.29 is 14.2 Å². The average Bonchev–Trinajstić information content (AvgIpc) is 2.79. The van der Waals surface area contributed by atoms with Gasteiger partial charge in [0.1, 0.15) is 23.9 Å². The lowest BCUT2D eigenvalue weighted by molar-refractivity contribution is 0.306. The largest absolute Gasteiger partial charge is 0.508 e. The van der Waals surface area contributed by atoms with Crippen LogP contribution >= 0.6 is 0 Å². The van der Waals surface area contributed by atoms with E-state index >= 15 is 0 Å². The molecule has 0 radical (unpaired) electrons. The van der Waals surface area contributed by atoms with Crippen LogP contribution in [0.4, 0.5) is 4.39 Å². The van der Waals surface area contributed by atoms with Crippen LogP contribution in [0.3, 0.4) is 0 Å². The number of benzene rings is 2. The highest BCUT2D eigenvalue weighted by Crippen LogP contribution is 2.23. The van der Waals surface area contributed by atoms with Crippen LogP contribution in [0, 0.1) is 5.82 Å². The van der Waals surface area contributed by atoms with Crippen molar-refractivity contribution in [3.8, 4) is 11.5 Å². The molecule has 0 unspecified atom stereocenters. The Balaban J connectivity index is 1.84. The van der Waals surface area contributed by atoms with Gasteiger partial charge in [-0.2, -0.15) is 0 Å². The Morgan fingerprint density at radius 3 is 2.89 bits per heavy atom. The predicted molar refractivity (Wildman–Crippen MR) is 70.7 cm³/mol. The molecule has 2 aromatic carbocycles. The number of aromatic amines is 1. The molecule has 0 bridgehead atoms. The first-order valence-electron chi connectivity index (χ1n) is 5.90. The zero-order valence-electron chi connectivity index (χ0n) is 10.1. The minimum absolute atomic E-state index is 0.155. The van der Waals surface area contributed by atoms with Crippen LogP contribution in [-0.4, -0.2) is 10.1 Å². The van der Waals surface area contributed by atoms with Gasteiger partial charge in [-0.25, -0.2) is 4.39 Å². The van der Waals surface area contributed by atoms with E-state index < -0.39 is 0 Å². The first kappa shape index (κ1) is 11.6. The molecule has 1 aromatic heterocycles. The highest BCUT2D eigenvalue weighted by molar-refractivity contribution is 5.83. The molecule has 0 saturated carbocycles. The van der Waals surface area contributed by atoms with E-state index in [0.717, 1.165) is 16.5 Å². The number of hydrogen-bond acceptors (Lipinski definition) is 2. The van der Waals surface area contributed by atoms with E-state index in [2.05, 4.69) is 4.98 Å². The van der Waals surface area contributed by atoms with Gasteiger partial charge in [0.25, 0.3) is 0 Å². The maximum absolute atomic E-state index is 13.2. The second kappa shape index (κ2) is 4.65. The van der Waals surface area contributed by atoms with Crippen molar-refractivity contribution in [3.05, 3.63) is 60.0 Å². The summed E-state index contributed by atoms with van der Waals surface area (Å²) in [7, 11) is 0. The Bertz CT molecular complexity index is 721. The fourth-order valence-corrected chi connectivity index (χ4v) is 2.00. The molecule has 0 fully saturated rings. The van der Waals surface area contributed by atoms with Crippen LogP contribution in [-0.2, 0) is 6.61 Å². The van der Waals surface area contributed by atoms with Crippen molar-refractivity contribution in [3.63, 3.8) is 0 Å². The van der Waals surface area contributed by atoms with Crippen molar-refractivity contribution in [2.24, 2.45) is 0 Å². The summed E-state index contributed by atoms with van der Waals surface area (Å²) in [5, 5.41) is 10.1. The van der Waals surface area contributed by atoms with E-state index in [1.165, 1.54) is 18.2 Å². The summed E-state index contributed by atoms with van der Waals surface area (Å²) in [6.07, 6.45) is 1.80. The van der Waals surface area contributed by atoms with Gasteiger partial charge in [0.2, 0.25) is 0 Å². The van der Waals surface area contributed by atoms with Crippen molar-refractivity contribution in [1.82, 2.24) is 4.98 Å². The topological polar surface area (TPSA) is 45.2 Å². The van der Waals surface area contributed by atoms with Gasteiger partial charge >= 0.3 is 0 Å². The average molecular weight is 257 g/mol. The predicted octanol–water partition coefficient (Wildman–Crippen LogP) is 3.59. The highest BCUT2D eigenvalue weighted by atomic mass is 19.1. The van der Waals surface area contributed by atoms with Crippen LogP contribution in [0.25, 0.3) is 10.9 Å². The molecule has 0 aliphatic heterocycles. The molecule has 19 heavy (non-hydrogen) atoms. The number of H-pyrrole nitrogens is 1. The maximum atomic E-state index is 13.2. The number of nitrogens with one attached hydrogen (secondary N) is 1. The quantitative estimate of drug-likeness (QED) is 0.753. The molecular formula is C15H12FNO2. The lowest BCUT2D eigenvalue weighted by Crippen LogP contribution is -1.94. The Hall–Kier alpha value is -2.49. The van der Waals surface area contributed by atoms with Crippen LogP contribution in [0.5, 0.6) is 11.5 Å². The van der Waals surface area contributed by atoms with Gasteiger partial charge in [-0.1, -0.05) is 6.07 Å². The Kier molecular flexibility index (Phi) is 2.83. The van der Waals surface area contributed by atoms with E-state index in [4.69, 9.17) is 4.74 Å². The van der Waals surface area contributed by atoms with E-state index in [9.17, 15) is 9.50 Å². The SMILES string of the molecule is Oc1cccc(OCc2c[nH]c3ccc(F)cc23)c1. The van der Waals surface area contributed by atoms with Crippen LogP contribution in [0.1, 0.15) is 5.56 Å².